The highest BCUT2D eigenvalue weighted by atomic mass is 16.4. The lowest BCUT2D eigenvalue weighted by Gasteiger charge is -1.94. The Morgan fingerprint density at radius 2 is 1.12 bits per heavy atom. The van der Waals surface area contributed by atoms with E-state index in [1.807, 2.05) is 0 Å². The summed E-state index contributed by atoms with van der Waals surface area (Å²) < 4.78 is 0. The van der Waals surface area contributed by atoms with Gasteiger partial charge in [0.15, 0.2) is 0 Å². The van der Waals surface area contributed by atoms with E-state index < -0.39 is 5.97 Å². The zero-order chi connectivity index (χ0) is 17.7. The smallest absolute Gasteiger partial charge is 0.303 e. The van der Waals surface area contributed by atoms with Crippen molar-refractivity contribution in [1.29, 1.82) is 0 Å². The predicted molar refractivity (Wildman–Crippen MR) is 105 cm³/mol. The predicted octanol–water partition coefficient (Wildman–Crippen LogP) is 6.77. The molecule has 0 bridgehead atoms. The van der Waals surface area contributed by atoms with E-state index in [0.29, 0.717) is 6.42 Å². The Hall–Kier alpha value is -1.83. The van der Waals surface area contributed by atoms with Crippen LogP contribution in [-0.2, 0) is 4.79 Å². The molecule has 0 saturated carbocycles. The van der Waals surface area contributed by atoms with Gasteiger partial charge < -0.3 is 5.11 Å². The van der Waals surface area contributed by atoms with Gasteiger partial charge in [-0.25, -0.2) is 0 Å². The highest BCUT2D eigenvalue weighted by molar-refractivity contribution is 5.66. The van der Waals surface area contributed by atoms with Gasteiger partial charge in [0.2, 0.25) is 0 Å². The van der Waals surface area contributed by atoms with Crippen LogP contribution in [-0.4, -0.2) is 11.1 Å². The van der Waals surface area contributed by atoms with Crippen LogP contribution >= 0.6 is 0 Å². The molecule has 2 heteroatoms. The molecule has 0 heterocycles. The van der Waals surface area contributed by atoms with Gasteiger partial charge in [-0.15, -0.1) is 0 Å². The lowest BCUT2D eigenvalue weighted by atomic mass is 10.1. The number of hydrogen-bond donors (Lipinski definition) is 1. The molecule has 0 aliphatic rings. The molecule has 0 aliphatic heterocycles. The SMILES string of the molecule is CC/C=C/C/C=C/C/C=C\C/C=C\C/C=C/CCCCCC(=O)O. The summed E-state index contributed by atoms with van der Waals surface area (Å²) in [6, 6.07) is 0. The van der Waals surface area contributed by atoms with E-state index in [2.05, 4.69) is 67.7 Å². The molecule has 0 amide bonds. The van der Waals surface area contributed by atoms with Crippen molar-refractivity contribution in [2.45, 2.75) is 71.1 Å². The molecule has 0 aromatic heterocycles. The zero-order valence-electron chi connectivity index (χ0n) is 15.2. The Balaban J connectivity index is 3.42. The Bertz CT molecular complexity index is 425. The maximum absolute atomic E-state index is 10.3. The lowest BCUT2D eigenvalue weighted by Crippen LogP contribution is -1.93. The zero-order valence-corrected chi connectivity index (χ0v) is 15.2. The van der Waals surface area contributed by atoms with Crippen molar-refractivity contribution in [3.63, 3.8) is 0 Å². The number of allylic oxidation sites excluding steroid dienone is 10. The minimum atomic E-state index is -0.690. The second-order valence-corrected chi connectivity index (χ2v) is 5.70. The summed E-state index contributed by atoms with van der Waals surface area (Å²) in [5.41, 5.74) is 0. The van der Waals surface area contributed by atoms with Crippen LogP contribution in [0, 0.1) is 0 Å². The Morgan fingerprint density at radius 1 is 0.667 bits per heavy atom. The molecule has 0 radical (unpaired) electrons. The quantitative estimate of drug-likeness (QED) is 0.265. The summed E-state index contributed by atoms with van der Waals surface area (Å²) in [6.45, 7) is 2.15. The summed E-state index contributed by atoms with van der Waals surface area (Å²) in [7, 11) is 0. The van der Waals surface area contributed by atoms with Gasteiger partial charge in [-0.05, 0) is 51.4 Å². The minimum Gasteiger partial charge on any atom is -0.481 e. The molecule has 24 heavy (non-hydrogen) atoms. The van der Waals surface area contributed by atoms with Crippen LogP contribution in [0.1, 0.15) is 71.1 Å². The van der Waals surface area contributed by atoms with E-state index in [4.69, 9.17) is 5.11 Å². The Labute approximate surface area is 148 Å². The van der Waals surface area contributed by atoms with Crippen LogP contribution in [0.5, 0.6) is 0 Å². The first-order chi connectivity index (χ1) is 11.8. The number of rotatable bonds is 15. The molecule has 2 nitrogen and oxygen atoms in total. The summed E-state index contributed by atoms with van der Waals surface area (Å²) in [5.74, 6) is -0.690. The van der Waals surface area contributed by atoms with E-state index >= 15 is 0 Å². The van der Waals surface area contributed by atoms with Crippen LogP contribution in [0.25, 0.3) is 0 Å². The first-order valence-electron chi connectivity index (χ1n) is 9.24. The molecular formula is C22H34O2. The van der Waals surface area contributed by atoms with Crippen LogP contribution in [0.4, 0.5) is 0 Å². The van der Waals surface area contributed by atoms with Crippen LogP contribution < -0.4 is 0 Å². The fourth-order valence-corrected chi connectivity index (χ4v) is 2.08. The summed E-state index contributed by atoms with van der Waals surface area (Å²) in [4.78, 5) is 10.3. The second kappa shape index (κ2) is 19.2. The summed E-state index contributed by atoms with van der Waals surface area (Å²) >= 11 is 0. The van der Waals surface area contributed by atoms with Gasteiger partial charge in [0, 0.05) is 6.42 Å². The molecule has 0 atom stereocenters. The van der Waals surface area contributed by atoms with Crippen LogP contribution in [0.15, 0.2) is 60.8 Å². The van der Waals surface area contributed by atoms with E-state index in [1.165, 1.54) is 0 Å². The van der Waals surface area contributed by atoms with Crippen LogP contribution in [0.2, 0.25) is 0 Å². The van der Waals surface area contributed by atoms with Crippen molar-refractivity contribution >= 4 is 5.97 Å². The molecule has 0 unspecified atom stereocenters. The van der Waals surface area contributed by atoms with E-state index in [-0.39, 0.29) is 0 Å². The van der Waals surface area contributed by atoms with Crippen molar-refractivity contribution in [3.8, 4) is 0 Å². The van der Waals surface area contributed by atoms with E-state index in [9.17, 15) is 4.79 Å². The van der Waals surface area contributed by atoms with Gasteiger partial charge in [0.25, 0.3) is 0 Å². The van der Waals surface area contributed by atoms with Gasteiger partial charge in [-0.2, -0.15) is 0 Å². The van der Waals surface area contributed by atoms with Gasteiger partial charge >= 0.3 is 5.97 Å². The van der Waals surface area contributed by atoms with Crippen LogP contribution in [0.3, 0.4) is 0 Å². The molecule has 0 spiro atoms. The monoisotopic (exact) mass is 330 g/mol. The maximum Gasteiger partial charge on any atom is 0.303 e. The van der Waals surface area contributed by atoms with Gasteiger partial charge in [0.1, 0.15) is 0 Å². The number of carbonyl (C=O) groups is 1. The summed E-state index contributed by atoms with van der Waals surface area (Å²) in [6.07, 6.45) is 31.3. The molecule has 0 rings (SSSR count). The molecule has 0 aromatic carbocycles. The molecule has 0 aromatic rings. The van der Waals surface area contributed by atoms with Crippen molar-refractivity contribution < 1.29 is 9.90 Å². The third kappa shape index (κ3) is 20.2. The minimum absolute atomic E-state index is 0.297. The standard InChI is InChI=1S/C22H34O2/c1-2-3-4-5-6-7-8-9-10-11-12-13-14-15-16-17-18-19-20-21-22(23)24/h3-4,6-7,9-10,12-13,15-16H,2,5,8,11,14,17-21H2,1H3,(H,23,24)/b4-3+,7-6+,10-9-,13-12-,16-15+. The number of hydrogen-bond acceptors (Lipinski definition) is 1. The topological polar surface area (TPSA) is 37.3 Å². The summed E-state index contributed by atoms with van der Waals surface area (Å²) in [5, 5.41) is 8.52. The Kier molecular flexibility index (Phi) is 17.8. The second-order valence-electron chi connectivity index (χ2n) is 5.70. The third-order valence-corrected chi connectivity index (χ3v) is 3.42. The van der Waals surface area contributed by atoms with Crippen molar-refractivity contribution in [1.82, 2.24) is 0 Å². The molecule has 0 aliphatic carbocycles. The molecule has 0 saturated heterocycles. The van der Waals surface area contributed by atoms with Crippen molar-refractivity contribution in [3.05, 3.63) is 60.8 Å². The average molecular weight is 331 g/mol. The molecule has 134 valence electrons. The molecule has 1 N–H and O–H groups in total. The lowest BCUT2D eigenvalue weighted by molar-refractivity contribution is -0.137. The third-order valence-electron chi connectivity index (χ3n) is 3.42. The van der Waals surface area contributed by atoms with Gasteiger partial charge in [0.05, 0.1) is 0 Å². The first-order valence-corrected chi connectivity index (χ1v) is 9.24. The van der Waals surface area contributed by atoms with E-state index in [1.54, 1.807) is 0 Å². The first kappa shape index (κ1) is 22.2. The normalized spacial score (nSPS) is 12.7. The Morgan fingerprint density at radius 3 is 1.58 bits per heavy atom. The highest BCUT2D eigenvalue weighted by Crippen LogP contribution is 2.04. The highest BCUT2D eigenvalue weighted by Gasteiger charge is 1.94. The number of aliphatic carboxylic acids is 1. The van der Waals surface area contributed by atoms with Gasteiger partial charge in [-0.3, -0.25) is 4.79 Å². The van der Waals surface area contributed by atoms with E-state index in [0.717, 1.165) is 57.8 Å². The average Bonchev–Trinajstić information content (AvgIpc) is 2.56. The maximum atomic E-state index is 10.3. The largest absolute Gasteiger partial charge is 0.481 e. The van der Waals surface area contributed by atoms with Gasteiger partial charge in [-0.1, -0.05) is 74.1 Å². The number of carboxylic acid groups (broad SMARTS) is 1. The fourth-order valence-electron chi connectivity index (χ4n) is 2.08. The fraction of sp³-hybridized carbons (Fsp3) is 0.500. The number of unbranched alkanes of at least 4 members (excludes halogenated alkanes) is 3. The molecule has 0 fully saturated rings. The van der Waals surface area contributed by atoms with Crippen molar-refractivity contribution in [2.24, 2.45) is 0 Å². The number of carboxylic acids is 1. The molecular weight excluding hydrogens is 296 g/mol. The van der Waals surface area contributed by atoms with Crippen molar-refractivity contribution in [2.75, 3.05) is 0 Å².